The maximum absolute atomic E-state index is 13.0. The van der Waals surface area contributed by atoms with E-state index in [1.165, 1.54) is 6.26 Å². The lowest BCUT2D eigenvalue weighted by atomic mass is 9.75. The number of para-hydroxylation sites is 1. The number of rotatable bonds is 10. The van der Waals surface area contributed by atoms with Crippen LogP contribution in [0.5, 0.6) is 5.75 Å². The third-order valence-electron chi connectivity index (χ3n) is 5.52. The summed E-state index contributed by atoms with van der Waals surface area (Å²) >= 11 is 0. The second-order valence-electron chi connectivity index (χ2n) is 8.28. The van der Waals surface area contributed by atoms with Crippen molar-refractivity contribution in [1.82, 2.24) is 10.6 Å². The normalized spacial score (nSPS) is 12.9. The number of amides is 2. The lowest BCUT2D eigenvalue weighted by Crippen LogP contribution is -2.53. The molecule has 0 bridgehead atoms. The van der Waals surface area contributed by atoms with E-state index in [0.717, 1.165) is 16.5 Å². The molecule has 2 amide bonds. The smallest absolute Gasteiger partial charge is 0.475 e. The SMILES string of the molecule is COc1cccc(CNC(=O)C(C(=O)N[C@@H](Cc2coc3ccccc23)B(O)O)C(C)C)c1. The number of methoxy groups -OCH3 is 1. The van der Waals surface area contributed by atoms with Crippen LogP contribution in [0.3, 0.4) is 0 Å². The van der Waals surface area contributed by atoms with Crippen LogP contribution in [0.4, 0.5) is 0 Å². The van der Waals surface area contributed by atoms with Gasteiger partial charge in [-0.1, -0.05) is 44.2 Å². The Kier molecular flexibility index (Phi) is 8.13. The zero-order valence-electron chi connectivity index (χ0n) is 18.9. The fourth-order valence-electron chi connectivity index (χ4n) is 3.74. The molecule has 0 radical (unpaired) electrons. The summed E-state index contributed by atoms with van der Waals surface area (Å²) in [6.45, 7) is 3.77. The van der Waals surface area contributed by atoms with Gasteiger partial charge >= 0.3 is 7.12 Å². The highest BCUT2D eigenvalue weighted by Gasteiger charge is 2.34. The first kappa shape index (κ1) is 24.3. The van der Waals surface area contributed by atoms with Gasteiger partial charge in [-0.3, -0.25) is 9.59 Å². The average molecular weight is 452 g/mol. The minimum absolute atomic E-state index is 0.136. The zero-order valence-corrected chi connectivity index (χ0v) is 18.9. The van der Waals surface area contributed by atoms with Gasteiger partial charge in [0.2, 0.25) is 11.8 Å². The second-order valence-corrected chi connectivity index (χ2v) is 8.28. The van der Waals surface area contributed by atoms with Crippen LogP contribution in [-0.2, 0) is 22.6 Å². The van der Waals surface area contributed by atoms with Crippen molar-refractivity contribution in [2.45, 2.75) is 32.8 Å². The summed E-state index contributed by atoms with van der Waals surface area (Å²) < 4.78 is 10.7. The second kappa shape index (κ2) is 11.0. The molecular formula is C24H29BN2O6. The van der Waals surface area contributed by atoms with E-state index in [-0.39, 0.29) is 18.9 Å². The molecule has 0 aliphatic rings. The Bertz CT molecular complexity index is 1100. The molecule has 2 aromatic carbocycles. The van der Waals surface area contributed by atoms with Crippen LogP contribution >= 0.6 is 0 Å². The molecule has 0 aliphatic carbocycles. The number of carbonyl (C=O) groups excluding carboxylic acids is 2. The Labute approximate surface area is 193 Å². The Hall–Kier alpha value is -3.30. The molecule has 4 N–H and O–H groups in total. The fraction of sp³-hybridized carbons (Fsp3) is 0.333. The minimum atomic E-state index is -1.81. The Morgan fingerprint density at radius 3 is 2.55 bits per heavy atom. The van der Waals surface area contributed by atoms with Crippen molar-refractivity contribution in [3.05, 3.63) is 65.9 Å². The molecule has 8 nitrogen and oxygen atoms in total. The van der Waals surface area contributed by atoms with Gasteiger partial charge in [-0.05, 0) is 41.7 Å². The van der Waals surface area contributed by atoms with Crippen LogP contribution in [0.15, 0.2) is 59.2 Å². The van der Waals surface area contributed by atoms with Crippen LogP contribution in [0.25, 0.3) is 11.0 Å². The Morgan fingerprint density at radius 2 is 1.85 bits per heavy atom. The van der Waals surface area contributed by atoms with E-state index < -0.39 is 30.8 Å². The van der Waals surface area contributed by atoms with Gasteiger partial charge < -0.3 is 29.8 Å². The number of furan rings is 1. The van der Waals surface area contributed by atoms with Gasteiger partial charge in [0, 0.05) is 11.9 Å². The lowest BCUT2D eigenvalue weighted by Gasteiger charge is -2.24. The molecule has 0 spiro atoms. The van der Waals surface area contributed by atoms with E-state index in [1.807, 2.05) is 36.4 Å². The third-order valence-corrected chi connectivity index (χ3v) is 5.52. The van der Waals surface area contributed by atoms with Crippen LogP contribution in [-0.4, -0.2) is 42.0 Å². The predicted octanol–water partition coefficient (Wildman–Crippen LogP) is 2.07. The summed E-state index contributed by atoms with van der Waals surface area (Å²) in [7, 11) is -0.245. The van der Waals surface area contributed by atoms with E-state index in [1.54, 1.807) is 33.1 Å². The lowest BCUT2D eigenvalue weighted by molar-refractivity contribution is -0.137. The molecule has 9 heteroatoms. The van der Waals surface area contributed by atoms with Crippen molar-refractivity contribution >= 4 is 29.9 Å². The maximum Gasteiger partial charge on any atom is 0.475 e. The highest BCUT2D eigenvalue weighted by Crippen LogP contribution is 2.22. The molecule has 1 aromatic heterocycles. The van der Waals surface area contributed by atoms with Gasteiger partial charge in [0.1, 0.15) is 17.3 Å². The first-order valence-electron chi connectivity index (χ1n) is 10.8. The van der Waals surface area contributed by atoms with E-state index in [2.05, 4.69) is 10.6 Å². The first-order chi connectivity index (χ1) is 15.8. The molecular weight excluding hydrogens is 423 g/mol. The van der Waals surface area contributed by atoms with Crippen molar-refractivity contribution in [2.75, 3.05) is 7.11 Å². The maximum atomic E-state index is 13.0. The molecule has 3 aromatic rings. The molecule has 1 heterocycles. The van der Waals surface area contributed by atoms with E-state index in [9.17, 15) is 19.6 Å². The number of hydrogen-bond donors (Lipinski definition) is 4. The molecule has 3 rings (SSSR count). The number of benzene rings is 2. The van der Waals surface area contributed by atoms with Crippen molar-refractivity contribution < 1.29 is 28.8 Å². The minimum Gasteiger partial charge on any atom is -0.497 e. The molecule has 174 valence electrons. The van der Waals surface area contributed by atoms with Gasteiger partial charge in [-0.25, -0.2) is 0 Å². The molecule has 0 saturated carbocycles. The van der Waals surface area contributed by atoms with Gasteiger partial charge in [0.05, 0.1) is 19.3 Å². The van der Waals surface area contributed by atoms with E-state index in [4.69, 9.17) is 9.15 Å². The van der Waals surface area contributed by atoms with Crippen molar-refractivity contribution in [3.8, 4) is 5.75 Å². The van der Waals surface area contributed by atoms with Crippen molar-refractivity contribution in [2.24, 2.45) is 11.8 Å². The van der Waals surface area contributed by atoms with Crippen molar-refractivity contribution in [1.29, 1.82) is 0 Å². The van der Waals surface area contributed by atoms with Crippen molar-refractivity contribution in [3.63, 3.8) is 0 Å². The fourth-order valence-corrected chi connectivity index (χ4v) is 3.74. The number of carbonyl (C=O) groups is 2. The predicted molar refractivity (Wildman–Crippen MR) is 125 cm³/mol. The molecule has 0 fully saturated rings. The summed E-state index contributed by atoms with van der Waals surface area (Å²) in [5.41, 5.74) is 2.23. The largest absolute Gasteiger partial charge is 0.497 e. The molecule has 0 aliphatic heterocycles. The highest BCUT2D eigenvalue weighted by molar-refractivity contribution is 6.43. The highest BCUT2D eigenvalue weighted by atomic mass is 16.5. The third kappa shape index (κ3) is 6.15. The van der Waals surface area contributed by atoms with Gasteiger partial charge in [-0.2, -0.15) is 0 Å². The Morgan fingerprint density at radius 1 is 1.09 bits per heavy atom. The summed E-state index contributed by atoms with van der Waals surface area (Å²) in [5.74, 6) is -2.65. The molecule has 33 heavy (non-hydrogen) atoms. The number of hydrogen-bond acceptors (Lipinski definition) is 6. The quantitative estimate of drug-likeness (QED) is 0.276. The first-order valence-corrected chi connectivity index (χ1v) is 10.8. The number of fused-ring (bicyclic) bond motifs is 1. The topological polar surface area (TPSA) is 121 Å². The standard InChI is InChI=1S/C24H29BN2O6/c1-15(2)22(23(28)26-13-16-7-6-8-18(11-16)32-3)24(29)27-21(25(30)31)12-17-14-33-20-10-5-4-9-19(17)20/h4-11,14-15,21-22,30-31H,12-13H2,1-3H3,(H,26,28)(H,27,29)/t21-,22?/m0/s1. The van der Waals surface area contributed by atoms with Gasteiger partial charge in [-0.15, -0.1) is 0 Å². The zero-order chi connectivity index (χ0) is 24.0. The van der Waals surface area contributed by atoms with E-state index in [0.29, 0.717) is 11.3 Å². The number of ether oxygens (including phenoxy) is 1. The van der Waals surface area contributed by atoms with Crippen LogP contribution in [0.2, 0.25) is 0 Å². The molecule has 0 saturated heterocycles. The average Bonchev–Trinajstić information content (AvgIpc) is 3.20. The summed E-state index contributed by atoms with van der Waals surface area (Å²) in [4.78, 5) is 25.9. The van der Waals surface area contributed by atoms with Crippen LogP contribution < -0.4 is 15.4 Å². The van der Waals surface area contributed by atoms with Gasteiger partial charge in [0.15, 0.2) is 0 Å². The monoisotopic (exact) mass is 452 g/mol. The summed E-state index contributed by atoms with van der Waals surface area (Å²) in [5, 5.41) is 26.0. The number of nitrogens with one attached hydrogen (secondary N) is 2. The molecule has 2 atom stereocenters. The summed E-state index contributed by atoms with van der Waals surface area (Å²) in [6.07, 6.45) is 1.67. The molecule has 1 unspecified atom stereocenters. The van der Waals surface area contributed by atoms with Crippen LogP contribution in [0.1, 0.15) is 25.0 Å². The summed E-state index contributed by atoms with van der Waals surface area (Å²) in [6, 6.07) is 14.6. The van der Waals surface area contributed by atoms with Crippen LogP contribution in [0, 0.1) is 11.8 Å². The van der Waals surface area contributed by atoms with E-state index >= 15 is 0 Å². The van der Waals surface area contributed by atoms with Gasteiger partial charge in [0.25, 0.3) is 0 Å². The Balaban J connectivity index is 1.68.